The van der Waals surface area contributed by atoms with Gasteiger partial charge in [-0.2, -0.15) is 9.78 Å². The van der Waals surface area contributed by atoms with E-state index in [0.29, 0.717) is 24.2 Å². The van der Waals surface area contributed by atoms with Crippen LogP contribution in [-0.4, -0.2) is 62.6 Å². The molecule has 4 heterocycles. The van der Waals surface area contributed by atoms with Gasteiger partial charge in [0.15, 0.2) is 5.82 Å². The number of aromatic nitrogens is 3. The zero-order chi connectivity index (χ0) is 30.8. The highest BCUT2D eigenvalue weighted by atomic mass is 16.5. The minimum Gasteiger partial charge on any atom is -0.488 e. The fraction of sp³-hybridized carbons (Fsp3) is 0.400. The Bertz CT molecular complexity index is 1660. The predicted octanol–water partition coefficient (Wildman–Crippen LogP) is 6.15. The smallest absolute Gasteiger partial charge is 0.342 e. The number of pyridine rings is 1. The van der Waals surface area contributed by atoms with E-state index in [9.17, 15) is 9.90 Å². The second-order valence-electron chi connectivity index (χ2n) is 11.9. The molecule has 0 spiro atoms. The third kappa shape index (κ3) is 6.07. The highest BCUT2D eigenvalue weighted by molar-refractivity contribution is 5.90. The van der Waals surface area contributed by atoms with Gasteiger partial charge in [0, 0.05) is 31.3 Å². The van der Waals surface area contributed by atoms with Crippen molar-refractivity contribution in [2.75, 3.05) is 19.8 Å². The lowest BCUT2D eigenvalue weighted by Gasteiger charge is -2.38. The average molecular weight is 597 g/mol. The Morgan fingerprint density at radius 2 is 1.98 bits per heavy atom. The Kier molecular flexibility index (Phi) is 8.68. The van der Waals surface area contributed by atoms with Crippen molar-refractivity contribution in [3.8, 4) is 28.7 Å². The van der Waals surface area contributed by atoms with Crippen molar-refractivity contribution in [2.45, 2.75) is 72.3 Å². The Morgan fingerprint density at radius 3 is 2.75 bits per heavy atom. The second-order valence-corrected chi connectivity index (χ2v) is 11.9. The molecule has 1 saturated heterocycles. The summed E-state index contributed by atoms with van der Waals surface area (Å²) in [5.74, 6) is 0.266. The zero-order valence-electron chi connectivity index (χ0n) is 25.9. The summed E-state index contributed by atoms with van der Waals surface area (Å²) in [6, 6.07) is 16.6. The maximum absolute atomic E-state index is 11.8. The maximum Gasteiger partial charge on any atom is 0.342 e. The number of carboxylic acids is 1. The number of ether oxygens (including phenoxy) is 3. The van der Waals surface area contributed by atoms with Gasteiger partial charge in [0.1, 0.15) is 17.9 Å². The molecular weight excluding hydrogens is 556 g/mol. The number of carbonyl (C=O) groups is 1. The van der Waals surface area contributed by atoms with Crippen LogP contribution in [0.1, 0.15) is 64.9 Å². The summed E-state index contributed by atoms with van der Waals surface area (Å²) in [7, 11) is 0. The largest absolute Gasteiger partial charge is 0.488 e. The van der Waals surface area contributed by atoms with Gasteiger partial charge in [-0.25, -0.2) is 9.78 Å². The van der Waals surface area contributed by atoms with Gasteiger partial charge in [-0.3, -0.25) is 4.90 Å². The number of aromatic carboxylic acids is 1. The number of nitrogens with zero attached hydrogens (tertiary/aromatic N) is 4. The van der Waals surface area contributed by atoms with Crippen LogP contribution < -0.4 is 9.47 Å². The van der Waals surface area contributed by atoms with Crippen LogP contribution in [0.5, 0.6) is 11.6 Å². The van der Waals surface area contributed by atoms with E-state index >= 15 is 0 Å². The fourth-order valence-electron chi connectivity index (χ4n) is 6.26. The summed E-state index contributed by atoms with van der Waals surface area (Å²) in [6.45, 7) is 12.1. The van der Waals surface area contributed by atoms with Crippen LogP contribution in [0.25, 0.3) is 17.1 Å². The number of para-hydroxylation sites is 1. The van der Waals surface area contributed by atoms with Gasteiger partial charge < -0.3 is 19.3 Å². The Labute approximate surface area is 258 Å². The first kappa shape index (κ1) is 29.8. The number of aryl methyl sites for hydroxylation is 1. The predicted molar refractivity (Wildman–Crippen MR) is 168 cm³/mol. The van der Waals surface area contributed by atoms with Crippen molar-refractivity contribution < 1.29 is 24.1 Å². The molecule has 0 bridgehead atoms. The molecule has 44 heavy (non-hydrogen) atoms. The summed E-state index contributed by atoms with van der Waals surface area (Å²) < 4.78 is 19.6. The molecule has 0 saturated carbocycles. The van der Waals surface area contributed by atoms with E-state index in [1.807, 2.05) is 51.1 Å². The van der Waals surface area contributed by atoms with Crippen molar-refractivity contribution in [1.82, 2.24) is 19.7 Å². The molecule has 1 atom stereocenters. The van der Waals surface area contributed by atoms with E-state index in [-0.39, 0.29) is 17.5 Å². The second kappa shape index (κ2) is 12.8. The lowest BCUT2D eigenvalue weighted by Crippen LogP contribution is -2.44. The highest BCUT2D eigenvalue weighted by Gasteiger charge is 2.27. The molecule has 0 unspecified atom stereocenters. The summed E-state index contributed by atoms with van der Waals surface area (Å²) in [5.41, 5.74) is 7.88. The van der Waals surface area contributed by atoms with Crippen LogP contribution in [0.4, 0.5) is 0 Å². The first-order valence-electron chi connectivity index (χ1n) is 15.4. The molecule has 6 rings (SSSR count). The molecule has 2 aliphatic rings. The Balaban J connectivity index is 1.25. The van der Waals surface area contributed by atoms with Gasteiger partial charge in [0.2, 0.25) is 5.88 Å². The molecule has 9 heteroatoms. The normalized spacial score (nSPS) is 17.0. The number of carboxylic acid groups (broad SMARTS) is 1. The molecule has 0 radical (unpaired) electrons. The Hall–Kier alpha value is -4.21. The van der Waals surface area contributed by atoms with Crippen LogP contribution >= 0.6 is 0 Å². The topological polar surface area (TPSA) is 98.9 Å². The molecular formula is C35H40N4O5. The van der Waals surface area contributed by atoms with Crippen LogP contribution in [0.2, 0.25) is 0 Å². The van der Waals surface area contributed by atoms with E-state index in [1.54, 1.807) is 6.07 Å². The number of hydrogen-bond donors (Lipinski definition) is 1. The van der Waals surface area contributed by atoms with Gasteiger partial charge in [-0.05, 0) is 93.0 Å². The maximum atomic E-state index is 11.8. The third-order valence-electron chi connectivity index (χ3n) is 8.60. The number of hydrogen-bond acceptors (Lipinski definition) is 7. The highest BCUT2D eigenvalue weighted by Crippen LogP contribution is 2.35. The molecule has 1 N–H and O–H groups in total. The summed E-state index contributed by atoms with van der Waals surface area (Å²) in [4.78, 5) is 19.3. The van der Waals surface area contributed by atoms with Crippen molar-refractivity contribution in [2.24, 2.45) is 0 Å². The molecule has 2 aliphatic heterocycles. The quantitative estimate of drug-likeness (QED) is 0.246. The van der Waals surface area contributed by atoms with Crippen LogP contribution in [-0.2, 0) is 24.3 Å². The third-order valence-corrected chi connectivity index (χ3v) is 8.60. The van der Waals surface area contributed by atoms with E-state index in [0.717, 1.165) is 56.0 Å². The van der Waals surface area contributed by atoms with Gasteiger partial charge in [0.25, 0.3) is 0 Å². The number of fused-ring (bicyclic) bond motifs is 1. The molecule has 9 nitrogen and oxygen atoms in total. The van der Waals surface area contributed by atoms with E-state index in [2.05, 4.69) is 29.1 Å². The SMILES string of the molecule is Cc1cccc(-c2cccc(-n3ncc(C(=O)O)c3OC(C)C)n2)c1OCc1ccc2c(c1C)CCN([C@@H]1CCCOC1)C2. The Morgan fingerprint density at radius 1 is 1.14 bits per heavy atom. The minimum atomic E-state index is -1.11. The van der Waals surface area contributed by atoms with Gasteiger partial charge in [0.05, 0.1) is 24.6 Å². The van der Waals surface area contributed by atoms with Gasteiger partial charge in [-0.15, -0.1) is 0 Å². The molecule has 2 aromatic heterocycles. The first-order valence-corrected chi connectivity index (χ1v) is 15.4. The molecule has 2 aromatic carbocycles. The zero-order valence-corrected chi connectivity index (χ0v) is 25.9. The molecule has 0 amide bonds. The van der Waals surface area contributed by atoms with Crippen molar-refractivity contribution >= 4 is 5.97 Å². The molecule has 1 fully saturated rings. The van der Waals surface area contributed by atoms with Crippen molar-refractivity contribution in [3.63, 3.8) is 0 Å². The standard InChI is InChI=1S/C35H40N4O5/c1-22(2)44-34-30(35(40)41)18-36-39(34)32-12-6-11-31(37-32)29-10-5-8-23(3)33(29)43-20-26-14-13-25-19-38(16-15-28(25)24(26)4)27-9-7-17-42-21-27/h5-6,8,10-14,18,22,27H,7,9,15-17,19-21H2,1-4H3,(H,40,41)/t27-/m1/s1. The van der Waals surface area contributed by atoms with Crippen molar-refractivity contribution in [1.29, 1.82) is 0 Å². The van der Waals surface area contributed by atoms with E-state index in [4.69, 9.17) is 19.2 Å². The van der Waals surface area contributed by atoms with Crippen LogP contribution in [0.15, 0.2) is 54.7 Å². The molecule has 230 valence electrons. The lowest BCUT2D eigenvalue weighted by molar-refractivity contribution is 0.0125. The van der Waals surface area contributed by atoms with Gasteiger partial charge >= 0.3 is 5.97 Å². The fourth-order valence-corrected chi connectivity index (χ4v) is 6.26. The van der Waals surface area contributed by atoms with Gasteiger partial charge in [-0.1, -0.05) is 30.3 Å². The van der Waals surface area contributed by atoms with E-state index < -0.39 is 5.97 Å². The summed E-state index contributed by atoms with van der Waals surface area (Å²) in [6.07, 6.45) is 4.46. The van der Waals surface area contributed by atoms with Crippen molar-refractivity contribution in [3.05, 3.63) is 88.1 Å². The number of rotatable bonds is 9. The number of benzene rings is 2. The minimum absolute atomic E-state index is 0.0124. The molecule has 0 aliphatic carbocycles. The van der Waals surface area contributed by atoms with Crippen LogP contribution in [0.3, 0.4) is 0 Å². The summed E-state index contributed by atoms with van der Waals surface area (Å²) in [5, 5.41) is 14.0. The lowest BCUT2D eigenvalue weighted by atomic mass is 9.91. The average Bonchev–Trinajstić information content (AvgIpc) is 3.44. The van der Waals surface area contributed by atoms with E-state index in [1.165, 1.54) is 39.6 Å². The first-order chi connectivity index (χ1) is 21.3. The monoisotopic (exact) mass is 596 g/mol. The summed E-state index contributed by atoms with van der Waals surface area (Å²) >= 11 is 0. The van der Waals surface area contributed by atoms with Crippen LogP contribution in [0, 0.1) is 13.8 Å². The molecule has 4 aromatic rings.